The third-order valence-electron chi connectivity index (χ3n) is 5.10. The first-order chi connectivity index (χ1) is 14.8. The predicted molar refractivity (Wildman–Crippen MR) is 118 cm³/mol. The van der Waals surface area contributed by atoms with E-state index in [1.807, 2.05) is 0 Å². The highest BCUT2D eigenvalue weighted by molar-refractivity contribution is 7.89. The van der Waals surface area contributed by atoms with Crippen LogP contribution >= 0.6 is 11.6 Å². The van der Waals surface area contributed by atoms with Crippen LogP contribution < -0.4 is 10.9 Å². The van der Waals surface area contributed by atoms with E-state index >= 15 is 0 Å². The van der Waals surface area contributed by atoms with E-state index in [0.29, 0.717) is 34.8 Å². The Bertz CT molecular complexity index is 1330. The first-order valence-corrected chi connectivity index (χ1v) is 11.4. The van der Waals surface area contributed by atoms with E-state index in [-0.39, 0.29) is 23.5 Å². The molecule has 0 atom stereocenters. The van der Waals surface area contributed by atoms with Gasteiger partial charge in [0.1, 0.15) is 0 Å². The minimum atomic E-state index is -3.76. The summed E-state index contributed by atoms with van der Waals surface area (Å²) in [6, 6.07) is 10.5. The molecule has 1 aliphatic heterocycles. The molecule has 0 spiro atoms. The van der Waals surface area contributed by atoms with Crippen molar-refractivity contribution in [1.29, 1.82) is 0 Å². The van der Waals surface area contributed by atoms with Crippen LogP contribution in [0.15, 0.2) is 52.2 Å². The Balaban J connectivity index is 1.77. The number of ether oxygens (including phenoxy) is 1. The van der Waals surface area contributed by atoms with Crippen molar-refractivity contribution in [2.75, 3.05) is 31.6 Å². The molecular formula is C21H20ClN3O5S. The Morgan fingerprint density at radius 3 is 2.58 bits per heavy atom. The summed E-state index contributed by atoms with van der Waals surface area (Å²) in [6.07, 6.45) is 0. The Hall–Kier alpha value is -2.72. The molecule has 31 heavy (non-hydrogen) atoms. The Kier molecular flexibility index (Phi) is 5.85. The number of sulfonamides is 1. The van der Waals surface area contributed by atoms with E-state index in [1.54, 1.807) is 25.1 Å². The molecule has 1 saturated heterocycles. The zero-order chi connectivity index (χ0) is 22.2. The third kappa shape index (κ3) is 4.35. The van der Waals surface area contributed by atoms with Gasteiger partial charge in [-0.1, -0.05) is 11.6 Å². The van der Waals surface area contributed by atoms with Crippen LogP contribution in [0.4, 0.5) is 5.69 Å². The molecule has 1 aromatic heterocycles. The lowest BCUT2D eigenvalue weighted by molar-refractivity contribution is 0.0730. The molecule has 1 amide bonds. The van der Waals surface area contributed by atoms with Crippen LogP contribution in [-0.4, -0.2) is 49.9 Å². The van der Waals surface area contributed by atoms with Gasteiger partial charge in [-0.3, -0.25) is 9.59 Å². The van der Waals surface area contributed by atoms with E-state index < -0.39 is 21.5 Å². The normalized spacial score (nSPS) is 15.2. The number of benzene rings is 2. The number of fused-ring (bicyclic) bond motifs is 1. The summed E-state index contributed by atoms with van der Waals surface area (Å²) in [5, 5.41) is 3.64. The molecule has 1 fully saturated rings. The molecule has 2 heterocycles. The standard InChI is InChI=1S/C21H20ClN3O5S/c1-13-10-14(22)2-4-18(13)24-21(27)17-12-20(26)23-19-5-3-15(11-16(17)19)31(28,29)25-6-8-30-9-7-25/h2-5,10-12H,6-9H2,1H3,(H,23,26)(H,24,27). The number of hydrogen-bond donors (Lipinski definition) is 2. The monoisotopic (exact) mass is 461 g/mol. The summed E-state index contributed by atoms with van der Waals surface area (Å²) in [6.45, 7) is 2.97. The maximum absolute atomic E-state index is 13.0. The largest absolute Gasteiger partial charge is 0.379 e. The molecule has 3 aromatic rings. The number of carbonyl (C=O) groups excluding carboxylic acids is 1. The molecular weight excluding hydrogens is 442 g/mol. The smallest absolute Gasteiger partial charge is 0.256 e. The highest BCUT2D eigenvalue weighted by atomic mass is 35.5. The van der Waals surface area contributed by atoms with Crippen molar-refractivity contribution in [3.8, 4) is 0 Å². The maximum atomic E-state index is 13.0. The first-order valence-electron chi connectivity index (χ1n) is 9.58. The Morgan fingerprint density at radius 1 is 1.13 bits per heavy atom. The van der Waals surface area contributed by atoms with Crippen LogP contribution in [0, 0.1) is 6.92 Å². The van der Waals surface area contributed by atoms with Gasteiger partial charge in [-0.25, -0.2) is 8.42 Å². The summed E-state index contributed by atoms with van der Waals surface area (Å²) < 4.78 is 32.6. The van der Waals surface area contributed by atoms with Gasteiger partial charge in [0.2, 0.25) is 15.6 Å². The van der Waals surface area contributed by atoms with E-state index in [4.69, 9.17) is 16.3 Å². The van der Waals surface area contributed by atoms with Crippen molar-refractivity contribution in [3.63, 3.8) is 0 Å². The van der Waals surface area contributed by atoms with Gasteiger partial charge in [0, 0.05) is 40.8 Å². The van der Waals surface area contributed by atoms with Crippen molar-refractivity contribution in [2.45, 2.75) is 11.8 Å². The van der Waals surface area contributed by atoms with Crippen molar-refractivity contribution in [3.05, 3.63) is 69.0 Å². The summed E-state index contributed by atoms with van der Waals surface area (Å²) in [5.74, 6) is -0.526. The number of pyridine rings is 1. The van der Waals surface area contributed by atoms with Crippen LogP contribution in [0.5, 0.6) is 0 Å². The fourth-order valence-electron chi connectivity index (χ4n) is 3.47. The van der Waals surface area contributed by atoms with Crippen LogP contribution in [-0.2, 0) is 14.8 Å². The molecule has 8 nitrogen and oxygen atoms in total. The Labute approximate surface area is 183 Å². The number of amides is 1. The number of carbonyl (C=O) groups is 1. The van der Waals surface area contributed by atoms with Crippen molar-refractivity contribution in [2.24, 2.45) is 0 Å². The molecule has 1 aliphatic rings. The van der Waals surface area contributed by atoms with Gasteiger partial charge in [-0.05, 0) is 48.9 Å². The summed E-state index contributed by atoms with van der Waals surface area (Å²) >= 11 is 5.97. The second-order valence-corrected chi connectivity index (χ2v) is 9.56. The van der Waals surface area contributed by atoms with Crippen LogP contribution in [0.3, 0.4) is 0 Å². The fraction of sp³-hybridized carbons (Fsp3) is 0.238. The number of nitrogens with one attached hydrogen (secondary N) is 2. The fourth-order valence-corrected chi connectivity index (χ4v) is 5.14. The van der Waals surface area contributed by atoms with Gasteiger partial charge in [0.15, 0.2) is 0 Å². The quantitative estimate of drug-likeness (QED) is 0.621. The second kappa shape index (κ2) is 8.43. The summed E-state index contributed by atoms with van der Waals surface area (Å²) in [7, 11) is -3.76. The number of nitrogens with zero attached hydrogens (tertiary/aromatic N) is 1. The van der Waals surface area contributed by atoms with Crippen molar-refractivity contribution in [1.82, 2.24) is 9.29 Å². The van der Waals surface area contributed by atoms with Crippen molar-refractivity contribution < 1.29 is 17.9 Å². The van der Waals surface area contributed by atoms with Crippen LogP contribution in [0.1, 0.15) is 15.9 Å². The van der Waals surface area contributed by atoms with Crippen LogP contribution in [0.25, 0.3) is 10.9 Å². The van der Waals surface area contributed by atoms with Gasteiger partial charge in [-0.2, -0.15) is 4.31 Å². The number of halogens is 1. The highest BCUT2D eigenvalue weighted by Crippen LogP contribution is 2.25. The lowest BCUT2D eigenvalue weighted by atomic mass is 10.1. The minimum absolute atomic E-state index is 0.0469. The number of hydrogen-bond acceptors (Lipinski definition) is 5. The van der Waals surface area contributed by atoms with E-state index in [0.717, 1.165) is 11.6 Å². The van der Waals surface area contributed by atoms with Gasteiger partial charge in [-0.15, -0.1) is 0 Å². The molecule has 10 heteroatoms. The van der Waals surface area contributed by atoms with E-state index in [9.17, 15) is 18.0 Å². The average Bonchev–Trinajstić information content (AvgIpc) is 2.75. The molecule has 0 unspecified atom stereocenters. The zero-order valence-corrected chi connectivity index (χ0v) is 18.2. The molecule has 0 saturated carbocycles. The van der Waals surface area contributed by atoms with Crippen molar-refractivity contribution >= 4 is 44.1 Å². The topological polar surface area (TPSA) is 109 Å². The number of rotatable bonds is 4. The predicted octanol–water partition coefficient (Wildman–Crippen LogP) is 2.76. The highest BCUT2D eigenvalue weighted by Gasteiger charge is 2.27. The summed E-state index contributed by atoms with van der Waals surface area (Å²) in [5.41, 5.74) is 1.28. The second-order valence-electron chi connectivity index (χ2n) is 7.18. The number of anilines is 1. The Morgan fingerprint density at radius 2 is 1.87 bits per heavy atom. The van der Waals surface area contributed by atoms with Gasteiger partial charge < -0.3 is 15.0 Å². The first kappa shape index (κ1) is 21.5. The van der Waals surface area contributed by atoms with E-state index in [1.165, 1.54) is 22.5 Å². The number of H-pyrrole nitrogens is 1. The van der Waals surface area contributed by atoms with Crippen LogP contribution in [0.2, 0.25) is 5.02 Å². The number of aryl methyl sites for hydroxylation is 1. The lowest BCUT2D eigenvalue weighted by Gasteiger charge is -2.26. The molecule has 2 N–H and O–H groups in total. The molecule has 4 rings (SSSR count). The van der Waals surface area contributed by atoms with Gasteiger partial charge in [0.05, 0.1) is 23.7 Å². The number of aromatic nitrogens is 1. The molecule has 0 aliphatic carbocycles. The number of aromatic amines is 1. The number of morpholine rings is 1. The SMILES string of the molecule is Cc1cc(Cl)ccc1NC(=O)c1cc(=O)[nH]c2ccc(S(=O)(=O)N3CCOCC3)cc12. The van der Waals surface area contributed by atoms with E-state index in [2.05, 4.69) is 10.3 Å². The summed E-state index contributed by atoms with van der Waals surface area (Å²) in [4.78, 5) is 27.8. The molecule has 0 radical (unpaired) electrons. The lowest BCUT2D eigenvalue weighted by Crippen LogP contribution is -2.40. The van der Waals surface area contributed by atoms with Gasteiger partial charge in [0.25, 0.3) is 5.91 Å². The average molecular weight is 462 g/mol. The zero-order valence-electron chi connectivity index (χ0n) is 16.6. The maximum Gasteiger partial charge on any atom is 0.256 e. The molecule has 0 bridgehead atoms. The molecule has 2 aromatic carbocycles. The minimum Gasteiger partial charge on any atom is -0.379 e. The van der Waals surface area contributed by atoms with Gasteiger partial charge >= 0.3 is 0 Å². The third-order valence-corrected chi connectivity index (χ3v) is 7.23. The molecule has 162 valence electrons.